The van der Waals surface area contributed by atoms with Crippen molar-refractivity contribution in [2.45, 2.75) is 6.92 Å². The average Bonchev–Trinajstić information content (AvgIpc) is 1.77. The Morgan fingerprint density at radius 3 is 2.56 bits per heavy atom. The van der Waals surface area contributed by atoms with E-state index in [2.05, 4.69) is 11.6 Å². The standard InChI is InChI=1S/C7H8N.Li/c1-6-4-3-5-8-7(6)2;/h3-5H,2H2,1H3;/p+1. The van der Waals surface area contributed by atoms with E-state index in [0.29, 0.717) is 0 Å². The van der Waals surface area contributed by atoms with E-state index in [4.69, 9.17) is 0 Å². The molecule has 0 aromatic carbocycles. The van der Waals surface area contributed by atoms with Gasteiger partial charge < -0.3 is 0 Å². The third-order valence-electron chi connectivity index (χ3n) is 1.18. The fourth-order valence-electron chi connectivity index (χ4n) is 0.556. The van der Waals surface area contributed by atoms with E-state index in [-0.39, 0.29) is 18.9 Å². The van der Waals surface area contributed by atoms with Gasteiger partial charge in [-0.05, 0) is 19.6 Å². The van der Waals surface area contributed by atoms with Crippen molar-refractivity contribution in [2.24, 2.45) is 0 Å². The Labute approximate surface area is 67.7 Å². The predicted octanol–water partition coefficient (Wildman–Crippen LogP) is -0.565. The Morgan fingerprint density at radius 2 is 2.22 bits per heavy atom. The summed E-state index contributed by atoms with van der Waals surface area (Å²) in [6.45, 7) is 5.79. The number of nitrogens with one attached hydrogen (secondary N) is 1. The second kappa shape index (κ2) is 3.71. The minimum absolute atomic E-state index is 0. The summed E-state index contributed by atoms with van der Waals surface area (Å²) in [5.41, 5.74) is 0.993. The molecule has 42 valence electrons. The van der Waals surface area contributed by atoms with Crippen LogP contribution >= 0.6 is 0 Å². The summed E-state index contributed by atoms with van der Waals surface area (Å²) in [6, 6.07) is 0. The summed E-state index contributed by atoms with van der Waals surface area (Å²) in [4.78, 5) is 2.99. The minimum atomic E-state index is 0. The minimum Gasteiger partial charge on any atom is -0.215 e. The van der Waals surface area contributed by atoms with Gasteiger partial charge in [0.05, 0.1) is 5.92 Å². The molecule has 2 radical (unpaired) electrons. The summed E-state index contributed by atoms with van der Waals surface area (Å²) in [7, 11) is 0. The number of allylic oxidation sites excluding steroid dienone is 2. The van der Waals surface area contributed by atoms with Crippen LogP contribution in [0.2, 0.25) is 0 Å². The van der Waals surface area contributed by atoms with Gasteiger partial charge in [-0.1, -0.05) is 6.08 Å². The smallest absolute Gasteiger partial charge is 0.183 e. The molecule has 1 aliphatic heterocycles. The third-order valence-corrected chi connectivity index (χ3v) is 1.18. The van der Waals surface area contributed by atoms with Crippen LogP contribution in [0.5, 0.6) is 0 Å². The van der Waals surface area contributed by atoms with Crippen molar-refractivity contribution in [1.29, 1.82) is 0 Å². The van der Waals surface area contributed by atoms with Crippen LogP contribution in [0.25, 0.3) is 0 Å². The molecule has 1 heterocycles. The SMILES string of the molecule is C=C1[NH+]=CC=C[C]1C.[Li]. The molecule has 0 atom stereocenters. The summed E-state index contributed by atoms with van der Waals surface area (Å²) >= 11 is 0. The first-order valence-corrected chi connectivity index (χ1v) is 2.60. The monoisotopic (exact) mass is 114 g/mol. The molecule has 1 nitrogen and oxygen atoms in total. The van der Waals surface area contributed by atoms with E-state index in [1.165, 1.54) is 5.92 Å². The van der Waals surface area contributed by atoms with Crippen molar-refractivity contribution in [2.75, 3.05) is 0 Å². The average molecular weight is 114 g/mol. The molecule has 0 unspecified atom stereocenters. The van der Waals surface area contributed by atoms with Crippen LogP contribution in [0.3, 0.4) is 0 Å². The van der Waals surface area contributed by atoms with Gasteiger partial charge in [0.25, 0.3) is 0 Å². The Hall–Kier alpha value is -0.253. The largest absolute Gasteiger partial charge is 0.215 e. The van der Waals surface area contributed by atoms with Gasteiger partial charge in [0.2, 0.25) is 0 Å². The van der Waals surface area contributed by atoms with Crippen LogP contribution < -0.4 is 4.99 Å². The number of hydrogen-bond acceptors (Lipinski definition) is 0. The summed E-state index contributed by atoms with van der Waals surface area (Å²) in [5, 5.41) is 0. The Morgan fingerprint density at radius 1 is 1.56 bits per heavy atom. The van der Waals surface area contributed by atoms with Crippen LogP contribution in [-0.2, 0) is 0 Å². The molecule has 0 fully saturated rings. The molecular formula is C7H9LiN+. The molecule has 0 aromatic rings. The van der Waals surface area contributed by atoms with Crippen molar-refractivity contribution in [1.82, 2.24) is 0 Å². The summed E-state index contributed by atoms with van der Waals surface area (Å²) in [5.74, 6) is 1.20. The maximum atomic E-state index is 3.76. The second-order valence-electron chi connectivity index (χ2n) is 1.83. The quantitative estimate of drug-likeness (QED) is 0.405. The van der Waals surface area contributed by atoms with Crippen LogP contribution in [0, 0.1) is 5.92 Å². The van der Waals surface area contributed by atoms with Crippen LogP contribution in [0.15, 0.2) is 24.4 Å². The number of hydrogen-bond donors (Lipinski definition) is 1. The zero-order valence-corrected chi connectivity index (χ0v) is 5.94. The van der Waals surface area contributed by atoms with Crippen LogP contribution in [0.1, 0.15) is 6.92 Å². The zero-order valence-electron chi connectivity index (χ0n) is 5.94. The van der Waals surface area contributed by atoms with E-state index in [1.54, 1.807) is 0 Å². The van der Waals surface area contributed by atoms with Gasteiger partial charge in [-0.2, -0.15) is 0 Å². The normalized spacial score (nSPS) is 17.7. The Kier molecular flexibility index (Phi) is 3.61. The van der Waals surface area contributed by atoms with Gasteiger partial charge in [0.15, 0.2) is 11.9 Å². The van der Waals surface area contributed by atoms with Crippen molar-refractivity contribution in [3.05, 3.63) is 30.3 Å². The van der Waals surface area contributed by atoms with Crippen LogP contribution in [-0.4, -0.2) is 25.1 Å². The molecule has 1 rings (SSSR count). The first-order chi connectivity index (χ1) is 3.80. The molecule has 0 saturated carbocycles. The van der Waals surface area contributed by atoms with Crippen molar-refractivity contribution < 1.29 is 4.99 Å². The molecule has 1 N–H and O–H groups in total. The van der Waals surface area contributed by atoms with E-state index >= 15 is 0 Å². The molecule has 0 aliphatic carbocycles. The molecule has 0 spiro atoms. The van der Waals surface area contributed by atoms with E-state index in [1.807, 2.05) is 25.3 Å². The van der Waals surface area contributed by atoms with Gasteiger partial charge >= 0.3 is 0 Å². The molecule has 0 amide bonds. The first kappa shape index (κ1) is 8.75. The van der Waals surface area contributed by atoms with Crippen molar-refractivity contribution in [3.8, 4) is 0 Å². The second-order valence-corrected chi connectivity index (χ2v) is 1.83. The molecule has 0 bridgehead atoms. The van der Waals surface area contributed by atoms with E-state index < -0.39 is 0 Å². The fraction of sp³-hybridized carbons (Fsp3) is 0.143. The topological polar surface area (TPSA) is 14.0 Å². The fourth-order valence-corrected chi connectivity index (χ4v) is 0.556. The Balaban J connectivity index is 0.000000640. The molecule has 0 aromatic heterocycles. The van der Waals surface area contributed by atoms with Gasteiger partial charge in [0.1, 0.15) is 0 Å². The van der Waals surface area contributed by atoms with Gasteiger partial charge in [-0.25, -0.2) is 4.99 Å². The molecule has 1 aliphatic rings. The van der Waals surface area contributed by atoms with Crippen molar-refractivity contribution >= 4 is 25.1 Å². The van der Waals surface area contributed by atoms with Gasteiger partial charge in [-0.3, -0.25) is 0 Å². The third kappa shape index (κ3) is 2.22. The summed E-state index contributed by atoms with van der Waals surface area (Å²) < 4.78 is 0. The summed E-state index contributed by atoms with van der Waals surface area (Å²) in [6.07, 6.45) is 5.86. The molecule has 9 heavy (non-hydrogen) atoms. The maximum absolute atomic E-state index is 3.76. The zero-order chi connectivity index (χ0) is 5.98. The van der Waals surface area contributed by atoms with Gasteiger partial charge in [0, 0.05) is 18.9 Å². The van der Waals surface area contributed by atoms with Crippen LogP contribution in [0.4, 0.5) is 0 Å². The number of rotatable bonds is 0. The molecular weight excluding hydrogens is 105 g/mol. The maximum Gasteiger partial charge on any atom is 0.183 e. The Bertz CT molecular complexity index is 158. The van der Waals surface area contributed by atoms with E-state index in [0.717, 1.165) is 5.70 Å². The van der Waals surface area contributed by atoms with E-state index in [9.17, 15) is 0 Å². The van der Waals surface area contributed by atoms with Gasteiger partial charge in [-0.15, -0.1) is 0 Å². The molecule has 0 saturated heterocycles. The first-order valence-electron chi connectivity index (χ1n) is 2.60. The van der Waals surface area contributed by atoms with Crippen molar-refractivity contribution in [3.63, 3.8) is 0 Å². The molecule has 2 heteroatoms. The predicted molar refractivity (Wildman–Crippen MR) is 40.0 cm³/mol.